The molecular weight excluding hydrogens is 367 g/mol. The van der Waals surface area contributed by atoms with E-state index < -0.39 is 17.7 Å². The molecule has 0 bridgehead atoms. The number of benzene rings is 1. The summed E-state index contributed by atoms with van der Waals surface area (Å²) in [7, 11) is 0. The first kappa shape index (κ1) is 14.2. The molecule has 1 atom stereocenters. The number of rotatable bonds is 2. The molecule has 2 N–H and O–H groups in total. The van der Waals surface area contributed by atoms with Crippen molar-refractivity contribution in [1.29, 1.82) is 0 Å². The van der Waals surface area contributed by atoms with Crippen molar-refractivity contribution >= 4 is 50.5 Å². The predicted molar refractivity (Wildman–Crippen MR) is 74.4 cm³/mol. The zero-order valence-corrected chi connectivity index (χ0v) is 12.6. The Morgan fingerprint density at radius 3 is 2.17 bits per heavy atom. The van der Waals surface area contributed by atoms with E-state index in [2.05, 4.69) is 15.9 Å². The van der Waals surface area contributed by atoms with Gasteiger partial charge < -0.3 is 5.73 Å². The Morgan fingerprint density at radius 1 is 1.17 bits per heavy atom. The molecular formula is C11H6BrCl2F2NS. The zero-order chi connectivity index (χ0) is 13.4. The largest absolute Gasteiger partial charge is 0.320 e. The van der Waals surface area contributed by atoms with Gasteiger partial charge in [0.15, 0.2) is 0 Å². The summed E-state index contributed by atoms with van der Waals surface area (Å²) < 4.78 is 28.6. The highest BCUT2D eigenvalue weighted by molar-refractivity contribution is 9.10. The lowest BCUT2D eigenvalue weighted by Gasteiger charge is -2.13. The normalized spacial score (nSPS) is 12.8. The van der Waals surface area contributed by atoms with Gasteiger partial charge in [-0.15, -0.1) is 11.3 Å². The lowest BCUT2D eigenvalue weighted by molar-refractivity contribution is 0.542. The minimum Gasteiger partial charge on any atom is -0.320 e. The molecule has 7 heteroatoms. The molecule has 0 radical (unpaired) electrons. The van der Waals surface area contributed by atoms with E-state index in [0.29, 0.717) is 18.7 Å². The first-order valence-electron chi connectivity index (χ1n) is 4.75. The molecule has 0 aliphatic rings. The molecule has 1 nitrogen and oxygen atoms in total. The second kappa shape index (κ2) is 5.43. The molecule has 0 saturated heterocycles. The summed E-state index contributed by atoms with van der Waals surface area (Å²) in [6, 6.07) is 2.83. The molecule has 0 aliphatic carbocycles. The van der Waals surface area contributed by atoms with Gasteiger partial charge in [0.2, 0.25) is 0 Å². The third kappa shape index (κ3) is 2.70. The van der Waals surface area contributed by atoms with Gasteiger partial charge >= 0.3 is 0 Å². The molecule has 0 fully saturated rings. The smallest absolute Gasteiger partial charge is 0.132 e. The Bertz CT molecular complexity index is 580. The maximum atomic E-state index is 13.8. The summed E-state index contributed by atoms with van der Waals surface area (Å²) in [4.78, 5) is 0. The molecule has 1 aromatic heterocycles. The molecule has 18 heavy (non-hydrogen) atoms. The van der Waals surface area contributed by atoms with Crippen molar-refractivity contribution in [2.45, 2.75) is 6.04 Å². The lowest BCUT2D eigenvalue weighted by Crippen LogP contribution is -2.15. The van der Waals surface area contributed by atoms with Gasteiger partial charge in [0.1, 0.15) is 11.6 Å². The maximum absolute atomic E-state index is 13.8. The van der Waals surface area contributed by atoms with Gasteiger partial charge in [-0.3, -0.25) is 0 Å². The van der Waals surface area contributed by atoms with Crippen molar-refractivity contribution in [3.8, 4) is 0 Å². The van der Waals surface area contributed by atoms with Crippen LogP contribution in [0.25, 0.3) is 0 Å². The van der Waals surface area contributed by atoms with Gasteiger partial charge in [-0.05, 0) is 18.2 Å². The fourth-order valence-electron chi connectivity index (χ4n) is 1.57. The molecule has 0 aliphatic heterocycles. The van der Waals surface area contributed by atoms with Gasteiger partial charge in [0, 0.05) is 15.6 Å². The molecule has 2 aromatic rings. The SMILES string of the molecule is NC(c1cc(Cl)sc1Cl)c1c(F)cc(Br)cc1F. The van der Waals surface area contributed by atoms with Gasteiger partial charge in [-0.25, -0.2) is 8.78 Å². The number of nitrogens with two attached hydrogens (primary N) is 1. The standard InChI is InChI=1S/C11H6BrCl2F2NS/c12-4-1-6(15)9(7(16)2-4)10(17)5-3-8(13)18-11(5)14/h1-3,10H,17H2. The summed E-state index contributed by atoms with van der Waals surface area (Å²) in [5.41, 5.74) is 6.03. The number of hydrogen-bond donors (Lipinski definition) is 1. The third-order valence-corrected chi connectivity index (χ3v) is 4.35. The van der Waals surface area contributed by atoms with Crippen molar-refractivity contribution in [1.82, 2.24) is 0 Å². The van der Waals surface area contributed by atoms with E-state index in [0.717, 1.165) is 23.5 Å². The van der Waals surface area contributed by atoms with Gasteiger partial charge in [-0.1, -0.05) is 39.1 Å². The predicted octanol–water partition coefficient (Wildman–Crippen LogP) is 5.14. The van der Waals surface area contributed by atoms with Crippen molar-refractivity contribution in [2.75, 3.05) is 0 Å². The van der Waals surface area contributed by atoms with Crippen LogP contribution >= 0.6 is 50.5 Å². The van der Waals surface area contributed by atoms with Crippen LogP contribution in [0.4, 0.5) is 8.78 Å². The van der Waals surface area contributed by atoms with Crippen LogP contribution in [0.3, 0.4) is 0 Å². The van der Waals surface area contributed by atoms with Crippen LogP contribution in [-0.4, -0.2) is 0 Å². The molecule has 96 valence electrons. The number of thiophene rings is 1. The summed E-state index contributed by atoms with van der Waals surface area (Å²) in [6.07, 6.45) is 0. The second-order valence-electron chi connectivity index (χ2n) is 3.54. The lowest BCUT2D eigenvalue weighted by atomic mass is 10.0. The summed E-state index contributed by atoms with van der Waals surface area (Å²) in [5.74, 6) is -1.46. The minimum atomic E-state index is -0.991. The van der Waals surface area contributed by atoms with E-state index in [1.165, 1.54) is 6.07 Å². The van der Waals surface area contributed by atoms with Gasteiger partial charge in [-0.2, -0.15) is 0 Å². The zero-order valence-electron chi connectivity index (χ0n) is 8.68. The molecule has 1 unspecified atom stereocenters. The molecule has 1 aromatic carbocycles. The highest BCUT2D eigenvalue weighted by Gasteiger charge is 2.22. The van der Waals surface area contributed by atoms with Crippen LogP contribution in [0.5, 0.6) is 0 Å². The van der Waals surface area contributed by atoms with Gasteiger partial charge in [0.25, 0.3) is 0 Å². The Balaban J connectivity index is 2.52. The molecule has 0 amide bonds. The Morgan fingerprint density at radius 2 is 1.72 bits per heavy atom. The van der Waals surface area contributed by atoms with Crippen LogP contribution < -0.4 is 5.73 Å². The van der Waals surface area contributed by atoms with Crippen LogP contribution in [0.2, 0.25) is 8.67 Å². The topological polar surface area (TPSA) is 26.0 Å². The minimum absolute atomic E-state index is 0.227. The highest BCUT2D eigenvalue weighted by Crippen LogP contribution is 2.38. The number of halogens is 5. The highest BCUT2D eigenvalue weighted by atomic mass is 79.9. The quantitative estimate of drug-likeness (QED) is 0.775. The van der Waals surface area contributed by atoms with E-state index >= 15 is 0 Å². The van der Waals surface area contributed by atoms with Crippen molar-refractivity contribution in [2.24, 2.45) is 5.73 Å². The molecule has 2 rings (SSSR count). The van der Waals surface area contributed by atoms with E-state index in [9.17, 15) is 8.78 Å². The second-order valence-corrected chi connectivity index (χ2v) is 6.74. The van der Waals surface area contributed by atoms with Crippen LogP contribution in [-0.2, 0) is 0 Å². The average molecular weight is 373 g/mol. The van der Waals surface area contributed by atoms with Crippen molar-refractivity contribution < 1.29 is 8.78 Å². The summed E-state index contributed by atoms with van der Waals surface area (Å²) >= 11 is 15.8. The van der Waals surface area contributed by atoms with Crippen LogP contribution in [0.1, 0.15) is 17.2 Å². The van der Waals surface area contributed by atoms with E-state index in [-0.39, 0.29) is 5.56 Å². The van der Waals surface area contributed by atoms with E-state index in [4.69, 9.17) is 28.9 Å². The molecule has 1 heterocycles. The van der Waals surface area contributed by atoms with Crippen LogP contribution in [0, 0.1) is 11.6 Å². The van der Waals surface area contributed by atoms with E-state index in [1.807, 2.05) is 0 Å². The van der Waals surface area contributed by atoms with Crippen molar-refractivity contribution in [3.63, 3.8) is 0 Å². The monoisotopic (exact) mass is 371 g/mol. The summed E-state index contributed by atoms with van der Waals surface area (Å²) in [5, 5.41) is 0. The fourth-order valence-corrected chi connectivity index (χ4v) is 3.52. The first-order chi connectivity index (χ1) is 8.40. The van der Waals surface area contributed by atoms with Crippen molar-refractivity contribution in [3.05, 3.63) is 54.1 Å². The van der Waals surface area contributed by atoms with E-state index in [1.54, 1.807) is 0 Å². The number of hydrogen-bond acceptors (Lipinski definition) is 2. The third-order valence-electron chi connectivity index (χ3n) is 2.37. The fraction of sp³-hybridized carbons (Fsp3) is 0.0909. The van der Waals surface area contributed by atoms with Gasteiger partial charge in [0.05, 0.1) is 14.7 Å². The molecule has 0 spiro atoms. The van der Waals surface area contributed by atoms with Crippen LogP contribution in [0.15, 0.2) is 22.7 Å². The summed E-state index contributed by atoms with van der Waals surface area (Å²) in [6.45, 7) is 0. The Hall–Kier alpha value is -0.200. The Kier molecular flexibility index (Phi) is 4.29. The maximum Gasteiger partial charge on any atom is 0.132 e. The molecule has 0 saturated carbocycles. The average Bonchev–Trinajstić information content (AvgIpc) is 2.56. The first-order valence-corrected chi connectivity index (χ1v) is 7.11. The Labute approximate surface area is 125 Å².